The topological polar surface area (TPSA) is 89.1 Å². The van der Waals surface area contributed by atoms with Crippen LogP contribution in [0.4, 0.5) is 5.69 Å². The Morgan fingerprint density at radius 3 is 2.27 bits per heavy atom. The molecule has 33 heavy (non-hydrogen) atoms. The summed E-state index contributed by atoms with van der Waals surface area (Å²) in [6.07, 6.45) is 0. The normalized spacial score (nSPS) is 10.8. The van der Waals surface area contributed by atoms with E-state index in [0.717, 1.165) is 25.4 Å². The molecule has 0 saturated carbocycles. The van der Waals surface area contributed by atoms with Gasteiger partial charge in [0.2, 0.25) is 0 Å². The van der Waals surface area contributed by atoms with E-state index in [-0.39, 0.29) is 24.5 Å². The van der Waals surface area contributed by atoms with Crippen molar-refractivity contribution in [2.24, 2.45) is 0 Å². The molecule has 0 spiro atoms. The van der Waals surface area contributed by atoms with Crippen molar-refractivity contribution in [2.45, 2.75) is 33.7 Å². The highest BCUT2D eigenvalue weighted by Gasteiger charge is 2.13. The van der Waals surface area contributed by atoms with Crippen LogP contribution in [-0.4, -0.2) is 62.7 Å². The summed E-state index contributed by atoms with van der Waals surface area (Å²) < 4.78 is 16.6. The number of likely N-dealkylation sites (N-methyl/N-ethyl adjacent to an activating group) is 1. The summed E-state index contributed by atoms with van der Waals surface area (Å²) in [5, 5.41) is 5.61. The van der Waals surface area contributed by atoms with Crippen LogP contribution in [0.25, 0.3) is 0 Å². The highest BCUT2D eigenvalue weighted by Crippen LogP contribution is 2.28. The summed E-state index contributed by atoms with van der Waals surface area (Å²) in [5.41, 5.74) is 1.06. The first kappa shape index (κ1) is 26.0. The summed E-state index contributed by atoms with van der Waals surface area (Å²) >= 11 is 0. The fraction of sp³-hybridized carbons (Fsp3) is 0.440. The third kappa shape index (κ3) is 8.65. The van der Waals surface area contributed by atoms with E-state index in [1.165, 1.54) is 7.11 Å². The Bertz CT molecular complexity index is 895. The Morgan fingerprint density at radius 2 is 1.67 bits per heavy atom. The minimum Gasteiger partial charge on any atom is -0.493 e. The van der Waals surface area contributed by atoms with Gasteiger partial charge in [0.15, 0.2) is 18.1 Å². The lowest BCUT2D eigenvalue weighted by atomic mass is 10.2. The number of hydrogen-bond acceptors (Lipinski definition) is 6. The highest BCUT2D eigenvalue weighted by atomic mass is 16.5. The minimum atomic E-state index is -0.285. The van der Waals surface area contributed by atoms with Crippen LogP contribution >= 0.6 is 0 Å². The zero-order valence-corrected chi connectivity index (χ0v) is 20.1. The number of amides is 2. The Morgan fingerprint density at radius 1 is 0.970 bits per heavy atom. The van der Waals surface area contributed by atoms with E-state index in [2.05, 4.69) is 29.4 Å². The molecule has 0 unspecified atom stereocenters. The summed E-state index contributed by atoms with van der Waals surface area (Å²) in [6, 6.07) is 12.1. The van der Waals surface area contributed by atoms with Crippen LogP contribution in [0.3, 0.4) is 0 Å². The lowest BCUT2D eigenvalue weighted by Gasteiger charge is -2.18. The molecule has 2 aromatic carbocycles. The van der Waals surface area contributed by atoms with E-state index in [1.807, 2.05) is 26.0 Å². The van der Waals surface area contributed by atoms with E-state index in [0.29, 0.717) is 29.4 Å². The van der Waals surface area contributed by atoms with E-state index in [1.54, 1.807) is 30.3 Å². The average Bonchev–Trinajstić information content (AvgIpc) is 2.81. The molecule has 8 nitrogen and oxygen atoms in total. The van der Waals surface area contributed by atoms with E-state index >= 15 is 0 Å². The van der Waals surface area contributed by atoms with Gasteiger partial charge in [-0.1, -0.05) is 13.8 Å². The molecule has 0 atom stereocenters. The van der Waals surface area contributed by atoms with Crippen molar-refractivity contribution in [3.05, 3.63) is 48.0 Å². The fourth-order valence-electron chi connectivity index (χ4n) is 3.11. The quantitative estimate of drug-likeness (QED) is 0.478. The zero-order chi connectivity index (χ0) is 24.2. The first-order valence-corrected chi connectivity index (χ1v) is 11.2. The van der Waals surface area contributed by atoms with Crippen LogP contribution in [0, 0.1) is 0 Å². The Hall–Kier alpha value is -3.26. The predicted octanol–water partition coefficient (Wildman–Crippen LogP) is 3.57. The predicted molar refractivity (Wildman–Crippen MR) is 129 cm³/mol. The van der Waals surface area contributed by atoms with Gasteiger partial charge in [0.25, 0.3) is 11.8 Å². The van der Waals surface area contributed by atoms with Gasteiger partial charge >= 0.3 is 0 Å². The molecule has 0 saturated heterocycles. The number of carbonyl (C=O) groups is 2. The number of hydrogen-bond donors (Lipinski definition) is 2. The van der Waals surface area contributed by atoms with Crippen LogP contribution in [0.1, 0.15) is 38.1 Å². The average molecular weight is 458 g/mol. The van der Waals surface area contributed by atoms with Gasteiger partial charge in [-0.2, -0.15) is 0 Å². The van der Waals surface area contributed by atoms with Crippen LogP contribution in [0.2, 0.25) is 0 Å². The van der Waals surface area contributed by atoms with Crippen LogP contribution in [0.15, 0.2) is 42.5 Å². The molecule has 0 aliphatic rings. The molecule has 2 rings (SSSR count). The summed E-state index contributed by atoms with van der Waals surface area (Å²) in [6.45, 7) is 11.3. The standard InChI is InChI=1S/C25H35N3O5/c1-6-28(7-2)14-15-32-21-11-9-20(10-12-21)27-25(30)19-8-13-22(23(16-19)31-5)33-17-24(29)26-18(3)4/h8-13,16,18H,6-7,14-15,17H2,1-5H3,(H,26,29)(H,27,30). The first-order chi connectivity index (χ1) is 15.9. The van der Waals surface area contributed by atoms with Gasteiger partial charge in [0.1, 0.15) is 12.4 Å². The van der Waals surface area contributed by atoms with Gasteiger partial charge in [0, 0.05) is 23.8 Å². The highest BCUT2D eigenvalue weighted by molar-refractivity contribution is 6.04. The third-order valence-electron chi connectivity index (χ3n) is 4.92. The van der Waals surface area contributed by atoms with Crippen molar-refractivity contribution in [1.82, 2.24) is 10.2 Å². The van der Waals surface area contributed by atoms with E-state index in [9.17, 15) is 9.59 Å². The van der Waals surface area contributed by atoms with Crippen molar-refractivity contribution >= 4 is 17.5 Å². The number of anilines is 1. The molecular weight excluding hydrogens is 422 g/mol. The SMILES string of the molecule is CCN(CC)CCOc1ccc(NC(=O)c2ccc(OCC(=O)NC(C)C)c(OC)c2)cc1. The first-order valence-electron chi connectivity index (χ1n) is 11.2. The molecule has 8 heteroatoms. The molecule has 2 aromatic rings. The largest absolute Gasteiger partial charge is 0.493 e. The van der Waals surface area contributed by atoms with Crippen LogP contribution in [0.5, 0.6) is 17.2 Å². The molecule has 0 heterocycles. The lowest BCUT2D eigenvalue weighted by Crippen LogP contribution is -2.34. The van der Waals surface area contributed by atoms with Crippen molar-refractivity contribution in [3.8, 4) is 17.2 Å². The lowest BCUT2D eigenvalue weighted by molar-refractivity contribution is -0.123. The van der Waals surface area contributed by atoms with Gasteiger partial charge in [-0.3, -0.25) is 9.59 Å². The van der Waals surface area contributed by atoms with Gasteiger partial charge in [-0.25, -0.2) is 0 Å². The monoisotopic (exact) mass is 457 g/mol. The molecule has 0 aliphatic heterocycles. The molecule has 0 bridgehead atoms. The second-order valence-corrected chi connectivity index (χ2v) is 7.73. The molecule has 180 valence electrons. The summed E-state index contributed by atoms with van der Waals surface area (Å²) in [4.78, 5) is 26.8. The molecular formula is C25H35N3O5. The Labute approximate surface area is 196 Å². The van der Waals surface area contributed by atoms with Crippen molar-refractivity contribution in [3.63, 3.8) is 0 Å². The van der Waals surface area contributed by atoms with Crippen molar-refractivity contribution < 1.29 is 23.8 Å². The maximum Gasteiger partial charge on any atom is 0.258 e. The summed E-state index contributed by atoms with van der Waals surface area (Å²) in [7, 11) is 1.48. The number of nitrogens with zero attached hydrogens (tertiary/aromatic N) is 1. The molecule has 0 radical (unpaired) electrons. The molecule has 0 aromatic heterocycles. The van der Waals surface area contributed by atoms with Crippen molar-refractivity contribution in [2.75, 3.05) is 45.3 Å². The van der Waals surface area contributed by atoms with Gasteiger partial charge in [0.05, 0.1) is 7.11 Å². The van der Waals surface area contributed by atoms with E-state index in [4.69, 9.17) is 14.2 Å². The number of rotatable bonds is 13. The van der Waals surface area contributed by atoms with Gasteiger partial charge < -0.3 is 29.7 Å². The number of benzene rings is 2. The molecule has 0 aliphatic carbocycles. The van der Waals surface area contributed by atoms with Gasteiger partial charge in [-0.05, 0) is 69.4 Å². The number of methoxy groups -OCH3 is 1. The van der Waals surface area contributed by atoms with Crippen molar-refractivity contribution in [1.29, 1.82) is 0 Å². The number of carbonyl (C=O) groups excluding carboxylic acids is 2. The molecule has 2 amide bonds. The van der Waals surface area contributed by atoms with E-state index < -0.39 is 0 Å². The van der Waals surface area contributed by atoms with Crippen LogP contribution < -0.4 is 24.8 Å². The third-order valence-corrected chi connectivity index (χ3v) is 4.92. The second-order valence-electron chi connectivity index (χ2n) is 7.73. The Kier molecular flexibility index (Phi) is 10.5. The minimum absolute atomic E-state index is 0.0298. The number of ether oxygens (including phenoxy) is 3. The Balaban J connectivity index is 1.93. The number of nitrogens with one attached hydrogen (secondary N) is 2. The second kappa shape index (κ2) is 13.3. The molecule has 2 N–H and O–H groups in total. The smallest absolute Gasteiger partial charge is 0.258 e. The maximum atomic E-state index is 12.7. The van der Waals surface area contributed by atoms with Gasteiger partial charge in [-0.15, -0.1) is 0 Å². The van der Waals surface area contributed by atoms with Crippen LogP contribution in [-0.2, 0) is 4.79 Å². The molecule has 0 fully saturated rings. The summed E-state index contributed by atoms with van der Waals surface area (Å²) in [5.74, 6) is 1.00. The zero-order valence-electron chi connectivity index (χ0n) is 20.1. The fourth-order valence-corrected chi connectivity index (χ4v) is 3.11. The maximum absolute atomic E-state index is 12.7.